The lowest BCUT2D eigenvalue weighted by Gasteiger charge is -2.19. The van der Waals surface area contributed by atoms with Gasteiger partial charge in [0.2, 0.25) is 0 Å². The third-order valence-electron chi connectivity index (χ3n) is 4.31. The van der Waals surface area contributed by atoms with E-state index >= 15 is 0 Å². The lowest BCUT2D eigenvalue weighted by Crippen LogP contribution is -2.19. The molecule has 1 unspecified atom stereocenters. The maximum Gasteiger partial charge on any atom is 0.356 e. The molecular weight excluding hydrogens is 436 g/mol. The van der Waals surface area contributed by atoms with Crippen LogP contribution in [0.4, 0.5) is 8.78 Å². The Bertz CT molecular complexity index is 1140. The summed E-state index contributed by atoms with van der Waals surface area (Å²) >= 11 is 5.81. The summed E-state index contributed by atoms with van der Waals surface area (Å²) in [5.41, 5.74) is -0.301. The molecule has 0 saturated heterocycles. The number of ether oxygens (including phenoxy) is 1. The minimum absolute atomic E-state index is 0.0477. The third kappa shape index (κ3) is 5.01. The summed E-state index contributed by atoms with van der Waals surface area (Å²) in [6.45, 7) is -0.344. The number of pyridine rings is 1. The lowest BCUT2D eigenvalue weighted by molar-refractivity contribution is 0.0492. The van der Waals surface area contributed by atoms with Crippen molar-refractivity contribution in [1.82, 2.24) is 4.98 Å². The average molecular weight is 452 g/mol. The summed E-state index contributed by atoms with van der Waals surface area (Å²) in [4.78, 5) is 15.8. The second kappa shape index (κ2) is 9.32. The SMILES string of the molecule is O=C(OCCC(c1cc(F)ccc1F)S(=O)(=O)c1ccc(Cl)cc1)c1ccccn1. The Labute approximate surface area is 177 Å². The van der Waals surface area contributed by atoms with Crippen LogP contribution in [0.1, 0.15) is 27.7 Å². The number of sulfone groups is 1. The normalized spacial score (nSPS) is 12.4. The fraction of sp³-hybridized carbons (Fsp3) is 0.143. The highest BCUT2D eigenvalue weighted by Gasteiger charge is 2.32. The van der Waals surface area contributed by atoms with Crippen LogP contribution in [0, 0.1) is 11.6 Å². The zero-order chi connectivity index (χ0) is 21.7. The number of nitrogens with zero attached hydrogens (tertiary/aromatic N) is 1. The van der Waals surface area contributed by atoms with Crippen molar-refractivity contribution in [3.05, 3.63) is 94.8 Å². The van der Waals surface area contributed by atoms with Gasteiger partial charge in [-0.05, 0) is 54.6 Å². The molecule has 0 aliphatic carbocycles. The van der Waals surface area contributed by atoms with Gasteiger partial charge >= 0.3 is 5.97 Å². The summed E-state index contributed by atoms with van der Waals surface area (Å²) in [5, 5.41) is -1.15. The van der Waals surface area contributed by atoms with Gasteiger partial charge in [-0.15, -0.1) is 0 Å². The molecule has 30 heavy (non-hydrogen) atoms. The lowest BCUT2D eigenvalue weighted by atomic mass is 10.1. The number of halogens is 3. The molecule has 1 atom stereocenters. The molecular formula is C21H16ClF2NO4S. The van der Waals surface area contributed by atoms with Gasteiger partial charge in [-0.25, -0.2) is 27.0 Å². The summed E-state index contributed by atoms with van der Waals surface area (Å²) in [6.07, 6.45) is 1.12. The van der Waals surface area contributed by atoms with Crippen LogP contribution < -0.4 is 0 Å². The predicted molar refractivity (Wildman–Crippen MR) is 107 cm³/mol. The van der Waals surface area contributed by atoms with Crippen molar-refractivity contribution in [2.45, 2.75) is 16.6 Å². The van der Waals surface area contributed by atoms with Gasteiger partial charge in [-0.3, -0.25) is 0 Å². The van der Waals surface area contributed by atoms with Crippen LogP contribution >= 0.6 is 11.6 Å². The van der Waals surface area contributed by atoms with Crippen LogP contribution in [0.15, 0.2) is 71.8 Å². The molecule has 156 valence electrons. The van der Waals surface area contributed by atoms with Gasteiger partial charge in [0.05, 0.1) is 16.8 Å². The van der Waals surface area contributed by atoms with E-state index in [-0.39, 0.29) is 29.2 Å². The Morgan fingerprint density at radius 3 is 2.47 bits per heavy atom. The van der Waals surface area contributed by atoms with E-state index in [2.05, 4.69) is 4.98 Å². The number of hydrogen-bond acceptors (Lipinski definition) is 5. The highest BCUT2D eigenvalue weighted by molar-refractivity contribution is 7.91. The molecule has 0 fully saturated rings. The number of aromatic nitrogens is 1. The highest BCUT2D eigenvalue weighted by Crippen LogP contribution is 2.34. The van der Waals surface area contributed by atoms with E-state index in [9.17, 15) is 22.0 Å². The van der Waals surface area contributed by atoms with E-state index in [0.29, 0.717) is 5.02 Å². The fourth-order valence-corrected chi connectivity index (χ4v) is 4.74. The fourth-order valence-electron chi connectivity index (χ4n) is 2.84. The summed E-state index contributed by atoms with van der Waals surface area (Å²) in [6, 6.07) is 12.6. The zero-order valence-electron chi connectivity index (χ0n) is 15.5. The van der Waals surface area contributed by atoms with Crippen LogP contribution in [0.5, 0.6) is 0 Å². The maximum absolute atomic E-state index is 14.4. The minimum atomic E-state index is -4.14. The number of carbonyl (C=O) groups excluding carboxylic acids is 1. The molecule has 0 aliphatic heterocycles. The quantitative estimate of drug-likeness (QED) is 0.483. The van der Waals surface area contributed by atoms with E-state index in [4.69, 9.17) is 16.3 Å². The number of esters is 1. The second-order valence-electron chi connectivity index (χ2n) is 6.29. The molecule has 0 radical (unpaired) electrons. The van der Waals surface area contributed by atoms with Crippen LogP contribution in [-0.2, 0) is 14.6 Å². The van der Waals surface area contributed by atoms with Crippen LogP contribution in [0.2, 0.25) is 5.02 Å². The van der Waals surface area contributed by atoms with Gasteiger partial charge in [0.15, 0.2) is 9.84 Å². The molecule has 5 nitrogen and oxygen atoms in total. The van der Waals surface area contributed by atoms with Crippen molar-refractivity contribution >= 4 is 27.4 Å². The summed E-state index contributed by atoms with van der Waals surface area (Å²) in [5.74, 6) is -2.42. The van der Waals surface area contributed by atoms with E-state index in [0.717, 1.165) is 18.2 Å². The highest BCUT2D eigenvalue weighted by atomic mass is 35.5. The Morgan fingerprint density at radius 1 is 1.07 bits per heavy atom. The number of hydrogen-bond donors (Lipinski definition) is 0. The maximum atomic E-state index is 14.4. The third-order valence-corrected chi connectivity index (χ3v) is 6.73. The average Bonchev–Trinajstić information content (AvgIpc) is 2.74. The largest absolute Gasteiger partial charge is 0.461 e. The molecule has 3 aromatic rings. The van der Waals surface area contributed by atoms with E-state index in [1.807, 2.05) is 0 Å². The Hall–Kier alpha value is -2.84. The Kier molecular flexibility index (Phi) is 6.79. The van der Waals surface area contributed by atoms with Crippen molar-refractivity contribution in [1.29, 1.82) is 0 Å². The standard InChI is InChI=1S/C21H16ClF2NO4S/c22-14-4-7-16(8-5-14)30(27,28)20(17-13-15(23)6-9-18(17)24)10-12-29-21(26)19-3-1-2-11-25-19/h1-9,11,13,20H,10,12H2. The van der Waals surface area contributed by atoms with Gasteiger partial charge in [0.1, 0.15) is 17.3 Å². The minimum Gasteiger partial charge on any atom is -0.461 e. The molecule has 0 amide bonds. The van der Waals surface area contributed by atoms with Crippen molar-refractivity contribution < 1.29 is 26.7 Å². The summed E-state index contributed by atoms with van der Waals surface area (Å²) < 4.78 is 59.6. The van der Waals surface area contributed by atoms with Gasteiger partial charge in [0.25, 0.3) is 0 Å². The van der Waals surface area contributed by atoms with E-state index in [1.165, 1.54) is 36.5 Å². The van der Waals surface area contributed by atoms with Crippen molar-refractivity contribution in [2.75, 3.05) is 6.61 Å². The first-order valence-electron chi connectivity index (χ1n) is 8.81. The summed E-state index contributed by atoms with van der Waals surface area (Å²) in [7, 11) is -4.14. The van der Waals surface area contributed by atoms with Gasteiger partial charge in [-0.2, -0.15) is 0 Å². The van der Waals surface area contributed by atoms with E-state index < -0.39 is 32.7 Å². The monoisotopic (exact) mass is 451 g/mol. The van der Waals surface area contributed by atoms with Crippen molar-refractivity contribution in [3.63, 3.8) is 0 Å². The first-order valence-corrected chi connectivity index (χ1v) is 10.7. The number of benzene rings is 2. The molecule has 2 aromatic carbocycles. The van der Waals surface area contributed by atoms with Crippen molar-refractivity contribution in [2.24, 2.45) is 0 Å². The molecule has 1 aromatic heterocycles. The van der Waals surface area contributed by atoms with Gasteiger partial charge in [0, 0.05) is 23.2 Å². The first kappa shape index (κ1) is 21.9. The molecule has 0 saturated carbocycles. The van der Waals surface area contributed by atoms with Crippen LogP contribution in [0.25, 0.3) is 0 Å². The molecule has 1 heterocycles. The molecule has 3 rings (SSSR count). The molecule has 0 N–H and O–H groups in total. The zero-order valence-corrected chi connectivity index (χ0v) is 17.0. The van der Waals surface area contributed by atoms with Gasteiger partial charge in [-0.1, -0.05) is 17.7 Å². The Balaban J connectivity index is 1.89. The first-order chi connectivity index (χ1) is 14.3. The Morgan fingerprint density at radius 2 is 1.80 bits per heavy atom. The van der Waals surface area contributed by atoms with Crippen LogP contribution in [0.3, 0.4) is 0 Å². The van der Waals surface area contributed by atoms with Crippen LogP contribution in [-0.4, -0.2) is 26.0 Å². The smallest absolute Gasteiger partial charge is 0.356 e. The number of rotatable bonds is 7. The predicted octanol–water partition coefficient (Wildman–Crippen LogP) is 4.78. The topological polar surface area (TPSA) is 73.3 Å². The molecule has 9 heteroatoms. The molecule has 0 aliphatic rings. The van der Waals surface area contributed by atoms with E-state index in [1.54, 1.807) is 12.1 Å². The second-order valence-corrected chi connectivity index (χ2v) is 8.86. The molecule has 0 spiro atoms. The van der Waals surface area contributed by atoms with Gasteiger partial charge < -0.3 is 4.74 Å². The van der Waals surface area contributed by atoms with Crippen molar-refractivity contribution in [3.8, 4) is 0 Å². The molecule has 0 bridgehead atoms. The number of carbonyl (C=O) groups is 1.